The molecule has 106 valence electrons. The molecule has 0 amide bonds. The summed E-state index contributed by atoms with van der Waals surface area (Å²) in [4.78, 5) is 8.59. The lowest BCUT2D eigenvalue weighted by Gasteiger charge is -2.14. The monoisotopic (exact) mass is 284 g/mol. The van der Waals surface area contributed by atoms with E-state index >= 15 is 0 Å². The van der Waals surface area contributed by atoms with Crippen LogP contribution in [0.15, 0.2) is 35.6 Å². The van der Waals surface area contributed by atoms with Crippen LogP contribution in [0.1, 0.15) is 17.7 Å². The molecule has 0 saturated carbocycles. The number of hydrogen-bond acceptors (Lipinski definition) is 6. The van der Waals surface area contributed by atoms with Gasteiger partial charge >= 0.3 is 0 Å². The van der Waals surface area contributed by atoms with Gasteiger partial charge in [0, 0.05) is 29.9 Å². The van der Waals surface area contributed by atoms with Gasteiger partial charge in [0.2, 0.25) is 11.7 Å². The summed E-state index contributed by atoms with van der Waals surface area (Å²) in [5.74, 6) is 0.514. The van der Waals surface area contributed by atoms with Gasteiger partial charge in [0.15, 0.2) is 5.71 Å². The van der Waals surface area contributed by atoms with E-state index in [0.717, 1.165) is 5.56 Å². The van der Waals surface area contributed by atoms with Gasteiger partial charge in [-0.1, -0.05) is 11.2 Å². The minimum absolute atomic E-state index is 0.152. The van der Waals surface area contributed by atoms with Crippen molar-refractivity contribution in [1.29, 1.82) is 0 Å². The molecule has 1 aromatic carbocycles. The number of benzene rings is 1. The molecule has 0 saturated heterocycles. The minimum Gasteiger partial charge on any atom is -0.508 e. The number of phenolic OH excluding ortho intramolecular Hbond substituents is 1. The van der Waals surface area contributed by atoms with Gasteiger partial charge in [-0.3, -0.25) is 5.41 Å². The van der Waals surface area contributed by atoms with Crippen LogP contribution >= 0.6 is 0 Å². The number of fused-ring (bicyclic) bond motifs is 1. The van der Waals surface area contributed by atoms with Gasteiger partial charge in [-0.2, -0.15) is 0 Å². The summed E-state index contributed by atoms with van der Waals surface area (Å²) in [5, 5.41) is 30.5. The molecule has 1 aliphatic rings. The number of nitrogens with one attached hydrogen (secondary N) is 1. The second-order valence-corrected chi connectivity index (χ2v) is 4.70. The zero-order chi connectivity index (χ0) is 14.8. The maximum absolute atomic E-state index is 9.44. The zero-order valence-corrected chi connectivity index (χ0v) is 11.1. The Bertz CT molecular complexity index is 742. The highest BCUT2D eigenvalue weighted by Gasteiger charge is 2.27. The number of hydrogen-bond donors (Lipinski definition) is 4. The molecule has 1 aromatic heterocycles. The lowest BCUT2D eigenvalue weighted by molar-refractivity contribution is -0.110. The van der Waals surface area contributed by atoms with Gasteiger partial charge in [0.1, 0.15) is 11.4 Å². The topological polar surface area (TPSA) is 116 Å². The molecule has 1 aliphatic carbocycles. The number of aromatic hydroxyl groups is 1. The molecule has 0 radical (unpaired) electrons. The van der Waals surface area contributed by atoms with E-state index in [9.17, 15) is 5.11 Å². The number of oxime groups is 1. The summed E-state index contributed by atoms with van der Waals surface area (Å²) in [6, 6.07) is 6.65. The Hall–Kier alpha value is -2.96. The van der Waals surface area contributed by atoms with E-state index in [-0.39, 0.29) is 5.75 Å². The molecule has 1 heterocycles. The number of phenols is 1. The second kappa shape index (κ2) is 5.20. The molecule has 3 rings (SSSR count). The first-order valence-electron chi connectivity index (χ1n) is 6.43. The maximum Gasteiger partial charge on any atom is 0.248 e. The van der Waals surface area contributed by atoms with Crippen LogP contribution in [-0.4, -0.2) is 31.7 Å². The van der Waals surface area contributed by atoms with Crippen molar-refractivity contribution in [2.45, 2.75) is 12.8 Å². The molecule has 0 bridgehead atoms. The molecule has 21 heavy (non-hydrogen) atoms. The third-order valence-corrected chi connectivity index (χ3v) is 3.28. The summed E-state index contributed by atoms with van der Waals surface area (Å²) >= 11 is 0. The van der Waals surface area contributed by atoms with E-state index in [2.05, 4.69) is 20.4 Å². The van der Waals surface area contributed by atoms with Crippen LogP contribution in [0.4, 0.5) is 11.6 Å². The first kappa shape index (κ1) is 13.0. The maximum atomic E-state index is 9.44. The van der Waals surface area contributed by atoms with Crippen molar-refractivity contribution in [2.75, 3.05) is 5.32 Å². The largest absolute Gasteiger partial charge is 0.508 e. The van der Waals surface area contributed by atoms with Gasteiger partial charge in [0.25, 0.3) is 0 Å². The van der Waals surface area contributed by atoms with Gasteiger partial charge in [0.05, 0.1) is 0 Å². The van der Waals surface area contributed by atoms with Crippen LogP contribution in [0.25, 0.3) is 0 Å². The number of rotatable bonds is 2. The fraction of sp³-hybridized carbons (Fsp3) is 0.143. The van der Waals surface area contributed by atoms with Crippen LogP contribution < -0.4 is 10.7 Å². The van der Waals surface area contributed by atoms with Crippen molar-refractivity contribution < 1.29 is 15.7 Å². The summed E-state index contributed by atoms with van der Waals surface area (Å²) < 4.78 is 0. The van der Waals surface area contributed by atoms with Gasteiger partial charge in [-0.15, -0.1) is 0 Å². The van der Waals surface area contributed by atoms with Crippen LogP contribution in [-0.2, 0) is 6.42 Å². The fourth-order valence-electron chi connectivity index (χ4n) is 2.22. The smallest absolute Gasteiger partial charge is 0.248 e. The number of aromatic nitrogens is 2. The third-order valence-electron chi connectivity index (χ3n) is 3.28. The highest BCUT2D eigenvalue weighted by atomic mass is 16.4. The zero-order valence-electron chi connectivity index (χ0n) is 11.1. The van der Waals surface area contributed by atoms with Crippen LogP contribution in [0.3, 0.4) is 0 Å². The number of aryl methyl sites for hydroxylation is 1. The van der Waals surface area contributed by atoms with Crippen molar-refractivity contribution in [1.82, 2.24) is 9.97 Å². The lowest BCUT2D eigenvalue weighted by atomic mass is 9.94. The Kier molecular flexibility index (Phi) is 3.23. The molecular weight excluding hydrogens is 270 g/mol. The second-order valence-electron chi connectivity index (χ2n) is 4.70. The third kappa shape index (κ3) is 2.53. The van der Waals surface area contributed by atoms with E-state index in [1.54, 1.807) is 30.5 Å². The van der Waals surface area contributed by atoms with Crippen molar-refractivity contribution >= 4 is 23.1 Å². The van der Waals surface area contributed by atoms with Gasteiger partial charge in [-0.25, -0.2) is 9.97 Å². The quantitative estimate of drug-likeness (QED) is 0.466. The number of nitrogens with two attached hydrogens (primary N) is 1. The molecule has 0 aliphatic heterocycles. The van der Waals surface area contributed by atoms with E-state index in [4.69, 9.17) is 10.6 Å². The Balaban J connectivity index is 1.92. The molecule has 2 aromatic rings. The lowest BCUT2D eigenvalue weighted by Crippen LogP contribution is -2.48. The Labute approximate surface area is 120 Å². The predicted molar refractivity (Wildman–Crippen MR) is 77.0 cm³/mol. The van der Waals surface area contributed by atoms with Crippen LogP contribution in [0.2, 0.25) is 0 Å². The summed E-state index contributed by atoms with van der Waals surface area (Å²) in [5.41, 5.74) is 2.96. The average Bonchev–Trinajstić information content (AvgIpc) is 2.48. The number of nitrogens with zero attached hydrogens (tertiary/aromatic N) is 3. The average molecular weight is 284 g/mol. The fourth-order valence-corrected chi connectivity index (χ4v) is 2.22. The summed E-state index contributed by atoms with van der Waals surface area (Å²) in [6.07, 6.45) is 2.95. The molecule has 0 atom stereocenters. The minimum atomic E-state index is 0.152. The molecule has 0 unspecified atom stereocenters. The van der Waals surface area contributed by atoms with E-state index in [1.165, 1.54) is 0 Å². The van der Waals surface area contributed by atoms with E-state index in [0.29, 0.717) is 41.6 Å². The van der Waals surface area contributed by atoms with Crippen LogP contribution in [0.5, 0.6) is 5.75 Å². The van der Waals surface area contributed by atoms with Crippen molar-refractivity contribution in [2.24, 2.45) is 5.16 Å². The molecular formula is C14H14N5O2+. The predicted octanol–water partition coefficient (Wildman–Crippen LogP) is 0.250. The molecule has 0 fully saturated rings. The van der Waals surface area contributed by atoms with Gasteiger partial charge < -0.3 is 15.6 Å². The SMILES string of the molecule is [NH2+]=C1/C(=N\O)CCc2cnc(Nc3cccc(O)c3)nc21. The Morgan fingerprint density at radius 1 is 1.29 bits per heavy atom. The van der Waals surface area contributed by atoms with Gasteiger partial charge in [-0.05, 0) is 18.6 Å². The summed E-state index contributed by atoms with van der Waals surface area (Å²) in [6.45, 7) is 0. The summed E-state index contributed by atoms with van der Waals surface area (Å²) in [7, 11) is 0. The highest BCUT2D eigenvalue weighted by Crippen LogP contribution is 2.21. The van der Waals surface area contributed by atoms with Crippen molar-refractivity contribution in [3.05, 3.63) is 41.7 Å². The first-order chi connectivity index (χ1) is 10.2. The normalized spacial score (nSPS) is 15.8. The standard InChI is InChI=1S/C14H13N5O2/c15-12-11(19-21)5-4-8-7-16-14(18-13(8)12)17-9-2-1-3-10(20)6-9/h1-3,6-7,15,20-21H,4-5H2,(H,16,17,18)/p+1/b15-12?,19-11-. The number of anilines is 2. The molecule has 7 heteroatoms. The first-order valence-corrected chi connectivity index (χ1v) is 6.43. The Morgan fingerprint density at radius 3 is 2.90 bits per heavy atom. The molecule has 5 N–H and O–H groups in total. The highest BCUT2D eigenvalue weighted by molar-refractivity contribution is 6.46. The van der Waals surface area contributed by atoms with E-state index in [1.807, 2.05) is 0 Å². The van der Waals surface area contributed by atoms with Crippen molar-refractivity contribution in [3.63, 3.8) is 0 Å². The van der Waals surface area contributed by atoms with Crippen LogP contribution in [0, 0.1) is 0 Å². The molecule has 0 spiro atoms. The van der Waals surface area contributed by atoms with E-state index < -0.39 is 0 Å². The van der Waals surface area contributed by atoms with Crippen molar-refractivity contribution in [3.8, 4) is 5.75 Å². The Morgan fingerprint density at radius 2 is 2.14 bits per heavy atom. The molecule has 7 nitrogen and oxygen atoms in total.